The highest BCUT2D eigenvalue weighted by Crippen LogP contribution is 1.98. The lowest BCUT2D eigenvalue weighted by Crippen LogP contribution is -2.23. The highest BCUT2D eigenvalue weighted by atomic mass is 16.4. The van der Waals surface area contributed by atoms with E-state index in [4.69, 9.17) is 0 Å². The number of rotatable bonds is 4. The van der Waals surface area contributed by atoms with Gasteiger partial charge in [-0.05, 0) is 6.42 Å². The molecule has 0 fully saturated rings. The number of aliphatic imine (C=N–C) groups is 1. The lowest BCUT2D eigenvalue weighted by Gasteiger charge is -1.98. The number of aliphatic carboxylic acids is 1. The Morgan fingerprint density at radius 2 is 2.36 bits per heavy atom. The Balaban J connectivity index is 4.32. The molecule has 0 aromatic carbocycles. The van der Waals surface area contributed by atoms with Crippen LogP contribution in [0.25, 0.3) is 0 Å². The van der Waals surface area contributed by atoms with E-state index in [9.17, 15) is 14.7 Å². The van der Waals surface area contributed by atoms with Crippen molar-refractivity contribution in [1.29, 1.82) is 0 Å². The number of carboxylic acids is 1. The average molecular weight is 154 g/mol. The third-order valence-corrected chi connectivity index (χ3v) is 1.00. The molecule has 0 spiro atoms. The second-order valence-electron chi connectivity index (χ2n) is 1.87. The van der Waals surface area contributed by atoms with Crippen molar-refractivity contribution in [3.8, 4) is 0 Å². The third-order valence-electron chi connectivity index (χ3n) is 1.00. The SMILES string of the molecule is CCC/C=C(/N=C=O)C(=O)[O-]. The molecule has 0 unspecified atom stereocenters. The number of unbranched alkanes of at least 4 members (excludes halogenated alkanes) is 1. The van der Waals surface area contributed by atoms with Gasteiger partial charge in [-0.3, -0.25) is 0 Å². The van der Waals surface area contributed by atoms with Gasteiger partial charge in [-0.1, -0.05) is 19.4 Å². The van der Waals surface area contributed by atoms with Crippen LogP contribution in [-0.2, 0) is 9.59 Å². The number of nitrogens with zero attached hydrogens (tertiary/aromatic N) is 1. The molecule has 0 radical (unpaired) electrons. The minimum Gasteiger partial charge on any atom is -0.543 e. The zero-order valence-corrected chi connectivity index (χ0v) is 6.16. The van der Waals surface area contributed by atoms with Crippen molar-refractivity contribution in [2.24, 2.45) is 4.99 Å². The van der Waals surface area contributed by atoms with Crippen LogP contribution in [0, 0.1) is 0 Å². The van der Waals surface area contributed by atoms with E-state index < -0.39 is 5.97 Å². The van der Waals surface area contributed by atoms with Crippen molar-refractivity contribution in [3.63, 3.8) is 0 Å². The van der Waals surface area contributed by atoms with Gasteiger partial charge < -0.3 is 9.90 Å². The molecule has 0 heterocycles. The standard InChI is InChI=1S/C7H9NO3/c1-2-3-4-6(7(10)11)8-5-9/h4H,2-3H2,1H3,(H,10,11)/p-1/b6-4+. The summed E-state index contributed by atoms with van der Waals surface area (Å²) in [4.78, 5) is 22.8. The Morgan fingerprint density at radius 3 is 2.73 bits per heavy atom. The zero-order chi connectivity index (χ0) is 8.69. The fourth-order valence-electron chi connectivity index (χ4n) is 0.505. The van der Waals surface area contributed by atoms with E-state index in [0.29, 0.717) is 6.42 Å². The molecule has 0 rings (SSSR count). The molecule has 0 aromatic heterocycles. The molecular formula is C7H8NO3-. The molecule has 4 nitrogen and oxygen atoms in total. The first-order chi connectivity index (χ1) is 5.22. The van der Waals surface area contributed by atoms with E-state index in [2.05, 4.69) is 4.99 Å². The number of carbonyl (C=O) groups excluding carboxylic acids is 2. The fourth-order valence-corrected chi connectivity index (χ4v) is 0.505. The number of isocyanates is 1. The molecule has 0 saturated heterocycles. The Hall–Kier alpha value is -1.41. The van der Waals surface area contributed by atoms with Crippen LogP contribution in [0.2, 0.25) is 0 Å². The first kappa shape index (κ1) is 9.59. The summed E-state index contributed by atoms with van der Waals surface area (Å²) in [7, 11) is 0. The maximum atomic E-state index is 10.1. The fraction of sp³-hybridized carbons (Fsp3) is 0.429. The highest BCUT2D eigenvalue weighted by Gasteiger charge is 1.92. The van der Waals surface area contributed by atoms with Crippen LogP contribution in [-0.4, -0.2) is 12.0 Å². The lowest BCUT2D eigenvalue weighted by molar-refractivity contribution is -0.299. The van der Waals surface area contributed by atoms with Crippen LogP contribution >= 0.6 is 0 Å². The number of hydrogen-bond donors (Lipinski definition) is 0. The zero-order valence-electron chi connectivity index (χ0n) is 6.16. The van der Waals surface area contributed by atoms with Crippen LogP contribution in [0.3, 0.4) is 0 Å². The number of hydrogen-bond acceptors (Lipinski definition) is 4. The predicted molar refractivity (Wildman–Crippen MR) is 36.1 cm³/mol. The van der Waals surface area contributed by atoms with Crippen molar-refractivity contribution >= 4 is 12.0 Å². The molecule has 0 saturated carbocycles. The van der Waals surface area contributed by atoms with Crippen molar-refractivity contribution in [2.75, 3.05) is 0 Å². The van der Waals surface area contributed by atoms with E-state index in [0.717, 1.165) is 12.5 Å². The van der Waals surface area contributed by atoms with Gasteiger partial charge in [-0.25, -0.2) is 4.79 Å². The quantitative estimate of drug-likeness (QED) is 0.318. The second-order valence-corrected chi connectivity index (χ2v) is 1.87. The molecule has 0 N–H and O–H groups in total. The Bertz CT molecular complexity index is 210. The summed E-state index contributed by atoms with van der Waals surface area (Å²) < 4.78 is 0. The third kappa shape index (κ3) is 4.06. The number of carboxylic acid groups (broad SMARTS) is 1. The van der Waals surface area contributed by atoms with Gasteiger partial charge in [0.1, 0.15) is 0 Å². The van der Waals surface area contributed by atoms with Gasteiger partial charge >= 0.3 is 0 Å². The summed E-state index contributed by atoms with van der Waals surface area (Å²) in [5.74, 6) is -1.44. The van der Waals surface area contributed by atoms with Crippen LogP contribution < -0.4 is 5.11 Å². The first-order valence-corrected chi connectivity index (χ1v) is 3.21. The summed E-state index contributed by atoms with van der Waals surface area (Å²) in [6.45, 7) is 1.88. The second kappa shape index (κ2) is 5.38. The maximum absolute atomic E-state index is 10.1. The minimum atomic E-state index is -1.44. The molecule has 0 bridgehead atoms. The monoisotopic (exact) mass is 154 g/mol. The van der Waals surface area contributed by atoms with E-state index in [1.54, 1.807) is 0 Å². The molecule has 0 aromatic rings. The first-order valence-electron chi connectivity index (χ1n) is 3.21. The van der Waals surface area contributed by atoms with E-state index in [-0.39, 0.29) is 5.70 Å². The normalized spacial score (nSPS) is 10.5. The minimum absolute atomic E-state index is 0.346. The molecule has 0 aliphatic carbocycles. The van der Waals surface area contributed by atoms with Crippen LogP contribution in [0.5, 0.6) is 0 Å². The van der Waals surface area contributed by atoms with Crippen LogP contribution in [0.4, 0.5) is 0 Å². The summed E-state index contributed by atoms with van der Waals surface area (Å²) in [5.41, 5.74) is -0.346. The van der Waals surface area contributed by atoms with E-state index in [1.807, 2.05) is 6.92 Å². The number of carbonyl (C=O) groups is 1. The summed E-state index contributed by atoms with van der Waals surface area (Å²) >= 11 is 0. The number of allylic oxidation sites excluding steroid dienone is 1. The lowest BCUT2D eigenvalue weighted by atomic mass is 10.3. The smallest absolute Gasteiger partial charge is 0.240 e. The van der Waals surface area contributed by atoms with Gasteiger partial charge in [-0.15, -0.1) is 0 Å². The van der Waals surface area contributed by atoms with E-state index in [1.165, 1.54) is 6.08 Å². The van der Waals surface area contributed by atoms with Crippen LogP contribution in [0.15, 0.2) is 16.8 Å². The highest BCUT2D eigenvalue weighted by molar-refractivity contribution is 5.85. The molecule has 4 heteroatoms. The molecule has 60 valence electrons. The van der Waals surface area contributed by atoms with Gasteiger partial charge in [0.05, 0.1) is 11.7 Å². The van der Waals surface area contributed by atoms with Gasteiger partial charge in [-0.2, -0.15) is 4.99 Å². The molecule has 0 aliphatic heterocycles. The van der Waals surface area contributed by atoms with Crippen molar-refractivity contribution in [3.05, 3.63) is 11.8 Å². The Kier molecular flexibility index (Phi) is 4.69. The average Bonchev–Trinajstić information content (AvgIpc) is 1.97. The summed E-state index contributed by atoms with van der Waals surface area (Å²) in [6, 6.07) is 0. The van der Waals surface area contributed by atoms with E-state index >= 15 is 0 Å². The Labute approximate surface area is 64.3 Å². The molecule has 0 aliphatic rings. The maximum Gasteiger partial charge on any atom is 0.240 e. The van der Waals surface area contributed by atoms with Crippen LogP contribution in [0.1, 0.15) is 19.8 Å². The molecule has 11 heavy (non-hydrogen) atoms. The van der Waals surface area contributed by atoms with Crippen molar-refractivity contribution < 1.29 is 14.7 Å². The van der Waals surface area contributed by atoms with Crippen molar-refractivity contribution in [2.45, 2.75) is 19.8 Å². The molecular weight excluding hydrogens is 146 g/mol. The largest absolute Gasteiger partial charge is 0.543 e. The molecule has 0 atom stereocenters. The van der Waals surface area contributed by atoms with Crippen molar-refractivity contribution in [1.82, 2.24) is 0 Å². The Morgan fingerprint density at radius 1 is 1.73 bits per heavy atom. The summed E-state index contributed by atoms with van der Waals surface area (Å²) in [5, 5.41) is 10.1. The molecule has 0 amide bonds. The van der Waals surface area contributed by atoms with Gasteiger partial charge in [0.15, 0.2) is 0 Å². The summed E-state index contributed by atoms with van der Waals surface area (Å²) in [6.07, 6.45) is 3.84. The predicted octanol–water partition coefficient (Wildman–Crippen LogP) is -0.244. The topological polar surface area (TPSA) is 69.6 Å². The van der Waals surface area contributed by atoms with Gasteiger partial charge in [0, 0.05) is 0 Å². The van der Waals surface area contributed by atoms with Gasteiger partial charge in [0.25, 0.3) is 0 Å². The van der Waals surface area contributed by atoms with Gasteiger partial charge in [0.2, 0.25) is 6.08 Å².